The molecule has 0 saturated carbocycles. The largest absolute Gasteiger partial charge is 0.507 e. The highest BCUT2D eigenvalue weighted by Gasteiger charge is 2.61. The number of hydrogen-bond acceptors (Lipinski definition) is 2. The monoisotopic (exact) mass is 358 g/mol. The molecule has 0 bridgehead atoms. The van der Waals surface area contributed by atoms with Gasteiger partial charge in [0, 0.05) is 12.1 Å². The van der Waals surface area contributed by atoms with Gasteiger partial charge in [-0.15, -0.1) is 0 Å². The maximum absolute atomic E-state index is 13.5. The molecular formula is C14H6F8O2. The summed E-state index contributed by atoms with van der Waals surface area (Å²) < 4.78 is 109. The first-order valence-electron chi connectivity index (χ1n) is 6.04. The Morgan fingerprint density at radius 2 is 1.50 bits per heavy atom. The van der Waals surface area contributed by atoms with Crippen LogP contribution < -0.4 is 4.74 Å². The lowest BCUT2D eigenvalue weighted by Crippen LogP contribution is -2.34. The van der Waals surface area contributed by atoms with Crippen LogP contribution in [0.5, 0.6) is 17.2 Å². The van der Waals surface area contributed by atoms with E-state index in [4.69, 9.17) is 0 Å². The van der Waals surface area contributed by atoms with Crippen LogP contribution in [0.25, 0.3) is 0 Å². The summed E-state index contributed by atoms with van der Waals surface area (Å²) in [4.78, 5) is 0. The van der Waals surface area contributed by atoms with Crippen LogP contribution in [-0.2, 0) is 5.92 Å². The summed E-state index contributed by atoms with van der Waals surface area (Å²) >= 11 is 0. The van der Waals surface area contributed by atoms with Crippen LogP contribution in [0.2, 0.25) is 0 Å². The molecule has 24 heavy (non-hydrogen) atoms. The lowest BCUT2D eigenvalue weighted by atomic mass is 10.1. The van der Waals surface area contributed by atoms with Crippen molar-refractivity contribution in [3.63, 3.8) is 0 Å². The van der Waals surface area contributed by atoms with Crippen molar-refractivity contribution in [1.82, 2.24) is 0 Å². The van der Waals surface area contributed by atoms with Crippen molar-refractivity contribution < 1.29 is 45.0 Å². The fourth-order valence-corrected chi connectivity index (χ4v) is 1.79. The van der Waals surface area contributed by atoms with Crippen LogP contribution in [0.15, 0.2) is 30.3 Å². The highest BCUT2D eigenvalue weighted by molar-refractivity contribution is 5.49. The molecule has 0 fully saturated rings. The van der Waals surface area contributed by atoms with Gasteiger partial charge in [-0.05, 0) is 12.1 Å². The number of alkyl halides is 5. The van der Waals surface area contributed by atoms with Crippen LogP contribution in [0, 0.1) is 17.5 Å². The van der Waals surface area contributed by atoms with E-state index in [1.165, 1.54) is 0 Å². The summed E-state index contributed by atoms with van der Waals surface area (Å²) in [5.74, 6) is -14.5. The van der Waals surface area contributed by atoms with Gasteiger partial charge in [0.2, 0.25) is 5.82 Å². The van der Waals surface area contributed by atoms with Gasteiger partial charge < -0.3 is 9.84 Å². The maximum atomic E-state index is 13.5. The fraction of sp³-hybridized carbons (Fsp3) is 0.143. The Morgan fingerprint density at radius 1 is 0.875 bits per heavy atom. The van der Waals surface area contributed by atoms with Crippen molar-refractivity contribution in [2.45, 2.75) is 12.1 Å². The average Bonchev–Trinajstić information content (AvgIpc) is 2.42. The molecule has 0 amide bonds. The van der Waals surface area contributed by atoms with Crippen molar-refractivity contribution in [2.75, 3.05) is 0 Å². The van der Waals surface area contributed by atoms with Gasteiger partial charge in [-0.25, -0.2) is 8.78 Å². The zero-order chi connectivity index (χ0) is 18.3. The zero-order valence-corrected chi connectivity index (χ0v) is 11.3. The van der Waals surface area contributed by atoms with Gasteiger partial charge in [0.1, 0.15) is 22.9 Å². The highest BCUT2D eigenvalue weighted by atomic mass is 19.4. The first-order chi connectivity index (χ1) is 10.9. The lowest BCUT2D eigenvalue weighted by molar-refractivity contribution is -0.290. The molecule has 0 saturated heterocycles. The minimum Gasteiger partial charge on any atom is -0.507 e. The number of ether oxygens (including phenoxy) is 1. The number of benzene rings is 2. The number of rotatable bonds is 3. The molecule has 0 aliphatic rings. The summed E-state index contributed by atoms with van der Waals surface area (Å²) in [6, 6.07) is 2.27. The SMILES string of the molecule is Oc1cccc(Oc2cc(F)cc(F)c2F)c1C(F)(F)C(F)(F)F. The van der Waals surface area contributed by atoms with E-state index in [1.54, 1.807) is 0 Å². The second kappa shape index (κ2) is 5.84. The van der Waals surface area contributed by atoms with Crippen molar-refractivity contribution in [3.8, 4) is 17.2 Å². The van der Waals surface area contributed by atoms with E-state index >= 15 is 0 Å². The summed E-state index contributed by atoms with van der Waals surface area (Å²) in [7, 11) is 0. The highest BCUT2D eigenvalue weighted by Crippen LogP contribution is 2.51. The van der Waals surface area contributed by atoms with Crippen LogP contribution >= 0.6 is 0 Å². The van der Waals surface area contributed by atoms with E-state index in [9.17, 15) is 40.2 Å². The molecule has 0 spiro atoms. The third-order valence-corrected chi connectivity index (χ3v) is 2.85. The molecule has 2 nitrogen and oxygen atoms in total. The molecule has 2 aromatic rings. The zero-order valence-electron chi connectivity index (χ0n) is 11.3. The Hall–Kier alpha value is -2.52. The third-order valence-electron chi connectivity index (χ3n) is 2.85. The Morgan fingerprint density at radius 3 is 2.08 bits per heavy atom. The average molecular weight is 358 g/mol. The summed E-state index contributed by atoms with van der Waals surface area (Å²) in [5, 5.41) is 9.34. The van der Waals surface area contributed by atoms with Crippen LogP contribution in [0.3, 0.4) is 0 Å². The third kappa shape index (κ3) is 3.08. The van der Waals surface area contributed by atoms with Crippen molar-refractivity contribution in [1.29, 1.82) is 0 Å². The first kappa shape index (κ1) is 17.8. The van der Waals surface area contributed by atoms with Gasteiger partial charge in [0.05, 0.1) is 0 Å². The van der Waals surface area contributed by atoms with Crippen LogP contribution in [0.1, 0.15) is 5.56 Å². The maximum Gasteiger partial charge on any atom is 0.458 e. The van der Waals surface area contributed by atoms with Gasteiger partial charge in [-0.3, -0.25) is 0 Å². The first-order valence-corrected chi connectivity index (χ1v) is 6.04. The quantitative estimate of drug-likeness (QED) is 0.599. The molecule has 1 N–H and O–H groups in total. The summed E-state index contributed by atoms with van der Waals surface area (Å²) in [6.07, 6.45) is -6.10. The smallest absolute Gasteiger partial charge is 0.458 e. The molecule has 10 heteroatoms. The Balaban J connectivity index is 2.60. The topological polar surface area (TPSA) is 29.5 Å². The van der Waals surface area contributed by atoms with E-state index in [1.807, 2.05) is 0 Å². The van der Waals surface area contributed by atoms with Crippen LogP contribution in [-0.4, -0.2) is 11.3 Å². The standard InChI is InChI=1S/C14H6F8O2/c15-6-4-7(16)12(17)10(5-6)24-9-3-1-2-8(23)11(9)13(18,19)14(20,21)22/h1-5,23H. The van der Waals surface area contributed by atoms with Crippen LogP contribution in [0.4, 0.5) is 35.1 Å². The van der Waals surface area contributed by atoms with E-state index in [2.05, 4.69) is 4.74 Å². The van der Waals surface area contributed by atoms with Crippen molar-refractivity contribution >= 4 is 0 Å². The lowest BCUT2D eigenvalue weighted by Gasteiger charge is -2.23. The number of phenols is 1. The fourth-order valence-electron chi connectivity index (χ4n) is 1.79. The van der Waals surface area contributed by atoms with Crippen molar-refractivity contribution in [2.24, 2.45) is 0 Å². The van der Waals surface area contributed by atoms with Gasteiger partial charge in [0.25, 0.3) is 0 Å². The van der Waals surface area contributed by atoms with Gasteiger partial charge in [-0.1, -0.05) is 6.07 Å². The molecule has 0 heterocycles. The van der Waals surface area contributed by atoms with E-state index < -0.39 is 52.4 Å². The predicted molar refractivity (Wildman–Crippen MR) is 64.4 cm³/mol. The molecule has 0 aliphatic heterocycles. The molecular weight excluding hydrogens is 352 g/mol. The van der Waals surface area contributed by atoms with E-state index in [0.29, 0.717) is 12.1 Å². The number of halogens is 8. The number of aromatic hydroxyl groups is 1. The van der Waals surface area contributed by atoms with Gasteiger partial charge >= 0.3 is 12.1 Å². The minimum atomic E-state index is -6.10. The molecule has 0 aromatic heterocycles. The molecule has 0 aliphatic carbocycles. The summed E-state index contributed by atoms with van der Waals surface area (Å²) in [6.45, 7) is 0. The molecule has 0 unspecified atom stereocenters. The number of phenolic OH excluding ortho intramolecular Hbond substituents is 1. The van der Waals surface area contributed by atoms with Gasteiger partial charge in [0.15, 0.2) is 11.6 Å². The van der Waals surface area contributed by atoms with E-state index in [-0.39, 0.29) is 12.1 Å². The minimum absolute atomic E-state index is 0.121. The number of hydrogen-bond donors (Lipinski definition) is 1. The Kier molecular flexibility index (Phi) is 4.34. The Labute approximate surface area is 128 Å². The van der Waals surface area contributed by atoms with Gasteiger partial charge in [-0.2, -0.15) is 26.3 Å². The molecule has 2 rings (SSSR count). The predicted octanol–water partition coefficient (Wildman–Crippen LogP) is 5.26. The Bertz CT molecular complexity index is 770. The van der Waals surface area contributed by atoms with E-state index in [0.717, 1.165) is 6.07 Å². The molecule has 2 aromatic carbocycles. The summed E-state index contributed by atoms with van der Waals surface area (Å²) in [5.41, 5.74) is -2.01. The molecule has 130 valence electrons. The molecule has 0 radical (unpaired) electrons. The molecule has 0 atom stereocenters. The van der Waals surface area contributed by atoms with Crippen molar-refractivity contribution in [3.05, 3.63) is 53.3 Å². The second-order valence-electron chi connectivity index (χ2n) is 4.52. The second-order valence-corrected chi connectivity index (χ2v) is 4.52. The normalized spacial score (nSPS) is 12.3.